The van der Waals surface area contributed by atoms with Gasteiger partial charge in [0.2, 0.25) is 0 Å². The SMILES string of the molecule is CC[O][Zr]([OH])([OH])[O][Si](CC(C)C)(CC(C)C)CC(C)C. The first kappa shape index (κ1) is 20.9. The van der Waals surface area contributed by atoms with Crippen LogP contribution in [0.4, 0.5) is 0 Å². The van der Waals surface area contributed by atoms with Gasteiger partial charge in [-0.1, -0.05) is 0 Å². The molecule has 0 aromatic heterocycles. The monoisotopic (exact) mass is 384 g/mol. The molecule has 0 heterocycles. The molecule has 0 aliphatic carbocycles. The molecular weight excluding hydrogens is 351 g/mol. The van der Waals surface area contributed by atoms with Gasteiger partial charge < -0.3 is 0 Å². The number of hydrogen-bond acceptors (Lipinski definition) is 4. The topological polar surface area (TPSA) is 58.9 Å². The van der Waals surface area contributed by atoms with Crippen molar-refractivity contribution in [3.05, 3.63) is 0 Å². The molecular formula is C14H34O4SiZr. The first-order valence-electron chi connectivity index (χ1n) is 7.80. The van der Waals surface area contributed by atoms with Crippen molar-refractivity contribution in [1.82, 2.24) is 0 Å². The Labute approximate surface area is 132 Å². The first-order valence-corrected chi connectivity index (χ1v) is 14.5. The van der Waals surface area contributed by atoms with E-state index in [1.54, 1.807) is 6.92 Å². The van der Waals surface area contributed by atoms with Crippen LogP contribution in [-0.2, 0) is 27.3 Å². The van der Waals surface area contributed by atoms with Crippen LogP contribution in [0.15, 0.2) is 0 Å². The molecule has 4 nitrogen and oxygen atoms in total. The predicted molar refractivity (Wildman–Crippen MR) is 81.8 cm³/mol. The summed E-state index contributed by atoms with van der Waals surface area (Å²) in [5.74, 6) is 1.51. The van der Waals surface area contributed by atoms with E-state index in [1.807, 2.05) is 0 Å². The van der Waals surface area contributed by atoms with E-state index in [0.717, 1.165) is 18.1 Å². The maximum atomic E-state index is 10.1. The summed E-state index contributed by atoms with van der Waals surface area (Å²) in [6, 6.07) is 2.91. The van der Waals surface area contributed by atoms with Gasteiger partial charge in [-0.3, -0.25) is 0 Å². The fourth-order valence-corrected chi connectivity index (χ4v) is 16.3. The van der Waals surface area contributed by atoms with Crippen LogP contribution in [0.2, 0.25) is 18.1 Å². The fourth-order valence-electron chi connectivity index (χ4n) is 3.11. The van der Waals surface area contributed by atoms with Crippen molar-refractivity contribution >= 4 is 8.32 Å². The quantitative estimate of drug-likeness (QED) is 0.562. The Bertz CT molecular complexity index is 243. The second-order valence-electron chi connectivity index (χ2n) is 7.06. The summed E-state index contributed by atoms with van der Waals surface area (Å²) in [6.07, 6.45) is 0. The molecule has 122 valence electrons. The standard InChI is InChI=1S/C12H27OSi.C2H5O.2H2O.Zr/c1-10(2)7-14(13,8-11(3)4)9-12(5)6;1-2-3;;;/h10-12H,7-9H2,1-6H3;2H2,1H3;2*1H2;/q2*-1;;;+4/p-2. The van der Waals surface area contributed by atoms with Gasteiger partial charge in [0.05, 0.1) is 0 Å². The third-order valence-electron chi connectivity index (χ3n) is 3.02. The van der Waals surface area contributed by atoms with Gasteiger partial charge in [-0.2, -0.15) is 0 Å². The average Bonchev–Trinajstić information content (AvgIpc) is 2.10. The van der Waals surface area contributed by atoms with E-state index >= 15 is 0 Å². The molecule has 0 aliphatic rings. The molecule has 2 N–H and O–H groups in total. The summed E-state index contributed by atoms with van der Waals surface area (Å²) in [4.78, 5) is 0. The van der Waals surface area contributed by atoms with Crippen molar-refractivity contribution < 1.29 is 33.7 Å². The molecule has 6 heteroatoms. The molecule has 0 saturated heterocycles. The molecule has 20 heavy (non-hydrogen) atoms. The van der Waals surface area contributed by atoms with E-state index in [1.165, 1.54) is 0 Å². The molecule has 0 radical (unpaired) electrons. The summed E-state index contributed by atoms with van der Waals surface area (Å²) >= 11 is -4.76. The maximum absolute atomic E-state index is 10.1. The van der Waals surface area contributed by atoms with E-state index in [0.29, 0.717) is 24.4 Å². The van der Waals surface area contributed by atoms with Gasteiger partial charge >= 0.3 is 133 Å². The molecule has 0 aromatic rings. The van der Waals surface area contributed by atoms with Gasteiger partial charge in [0.1, 0.15) is 0 Å². The number of rotatable bonds is 10. The van der Waals surface area contributed by atoms with Crippen LogP contribution in [0.5, 0.6) is 0 Å². The van der Waals surface area contributed by atoms with Gasteiger partial charge in [0.15, 0.2) is 0 Å². The molecule has 0 aromatic carbocycles. The van der Waals surface area contributed by atoms with Crippen LogP contribution in [0.1, 0.15) is 48.5 Å². The Morgan fingerprint density at radius 3 is 1.45 bits per heavy atom. The molecule has 0 rings (SSSR count). The van der Waals surface area contributed by atoms with Crippen molar-refractivity contribution in [2.75, 3.05) is 6.61 Å². The summed E-state index contributed by atoms with van der Waals surface area (Å²) in [6.45, 7) is 15.2. The van der Waals surface area contributed by atoms with Crippen molar-refractivity contribution in [2.24, 2.45) is 17.8 Å². The Morgan fingerprint density at radius 1 is 0.850 bits per heavy atom. The van der Waals surface area contributed by atoms with Crippen LogP contribution >= 0.6 is 0 Å². The zero-order valence-electron chi connectivity index (χ0n) is 14.3. The Hall–Kier alpha value is 0.940. The Kier molecular flexibility index (Phi) is 9.59. The van der Waals surface area contributed by atoms with Crippen molar-refractivity contribution in [1.29, 1.82) is 0 Å². The Balaban J connectivity index is 5.23. The van der Waals surface area contributed by atoms with Crippen molar-refractivity contribution in [3.63, 3.8) is 0 Å². The van der Waals surface area contributed by atoms with E-state index in [9.17, 15) is 6.37 Å². The van der Waals surface area contributed by atoms with Crippen LogP contribution in [0.3, 0.4) is 0 Å². The summed E-state index contributed by atoms with van der Waals surface area (Å²) < 4.78 is 31.5. The molecule has 0 bridgehead atoms. The zero-order chi connectivity index (χ0) is 16.0. The minimum atomic E-state index is -4.76. The molecule has 0 saturated carbocycles. The third-order valence-corrected chi connectivity index (χ3v) is 15.2. The van der Waals surface area contributed by atoms with Crippen molar-refractivity contribution in [3.8, 4) is 0 Å². The molecule has 0 unspecified atom stereocenters. The van der Waals surface area contributed by atoms with Gasteiger partial charge in [-0.15, -0.1) is 0 Å². The first-order chi connectivity index (χ1) is 9.02. The van der Waals surface area contributed by atoms with E-state index in [2.05, 4.69) is 41.5 Å². The van der Waals surface area contributed by atoms with Crippen LogP contribution in [0, 0.1) is 17.8 Å². The van der Waals surface area contributed by atoms with Gasteiger partial charge in [-0.05, 0) is 0 Å². The zero-order valence-corrected chi connectivity index (χ0v) is 17.7. The second-order valence-corrected chi connectivity index (χ2v) is 15.8. The van der Waals surface area contributed by atoms with Gasteiger partial charge in [0, 0.05) is 0 Å². The minimum absolute atomic E-state index is 0.304. The summed E-state index contributed by atoms with van der Waals surface area (Å²) in [5.41, 5.74) is 0. The van der Waals surface area contributed by atoms with E-state index < -0.39 is 30.3 Å². The normalized spacial score (nSPS) is 13.8. The third kappa shape index (κ3) is 9.06. The average molecular weight is 386 g/mol. The fraction of sp³-hybridized carbons (Fsp3) is 1.00. The Morgan fingerprint density at radius 2 is 1.20 bits per heavy atom. The van der Waals surface area contributed by atoms with Crippen molar-refractivity contribution in [2.45, 2.75) is 66.6 Å². The van der Waals surface area contributed by atoms with E-state index in [4.69, 9.17) is 5.32 Å². The van der Waals surface area contributed by atoms with Crippen LogP contribution in [-0.4, -0.2) is 21.3 Å². The second kappa shape index (κ2) is 9.16. The van der Waals surface area contributed by atoms with Crippen LogP contribution in [0.25, 0.3) is 0 Å². The predicted octanol–water partition coefficient (Wildman–Crippen LogP) is 3.75. The molecule has 0 fully saturated rings. The van der Waals surface area contributed by atoms with Gasteiger partial charge in [-0.25, -0.2) is 0 Å². The molecule has 0 atom stereocenters. The number of hydrogen-bond donors (Lipinski definition) is 2. The molecule has 0 amide bonds. The summed E-state index contributed by atoms with van der Waals surface area (Å²) in [7, 11) is -2.19. The molecule has 0 spiro atoms. The van der Waals surface area contributed by atoms with Crippen LogP contribution < -0.4 is 0 Å². The van der Waals surface area contributed by atoms with E-state index in [-0.39, 0.29) is 0 Å². The van der Waals surface area contributed by atoms with Gasteiger partial charge in [0.25, 0.3) is 0 Å². The summed E-state index contributed by atoms with van der Waals surface area (Å²) in [5, 5.41) is 0. The molecule has 0 aliphatic heterocycles.